The number of ether oxygens (including phenoxy) is 13. The summed E-state index contributed by atoms with van der Waals surface area (Å²) >= 11 is 0. The number of hydrogen-bond donors (Lipinski definition) is 16. The molecule has 16 N–H and O–H groups in total. The highest BCUT2D eigenvalue weighted by atomic mass is 16.7. The lowest BCUT2D eigenvalue weighted by Crippen LogP contribution is -3.15. The van der Waals surface area contributed by atoms with Gasteiger partial charge in [0.2, 0.25) is 35.8 Å². The van der Waals surface area contributed by atoms with Crippen LogP contribution < -0.4 is 41.7 Å². The summed E-state index contributed by atoms with van der Waals surface area (Å²) in [7, 11) is 0. The second kappa shape index (κ2) is 45.4. The molecule has 1 aromatic carbocycles. The molecule has 1 aromatic rings. The van der Waals surface area contributed by atoms with E-state index in [9.17, 15) is 79.9 Å². The molecule has 3 saturated heterocycles. The number of amides is 6. The van der Waals surface area contributed by atoms with Crippen LogP contribution in [-0.4, -0.2) is 330 Å². The lowest BCUT2D eigenvalue weighted by atomic mass is 9.97. The van der Waals surface area contributed by atoms with Gasteiger partial charge in [-0.1, -0.05) is 12.7 Å². The third-order valence-electron chi connectivity index (χ3n) is 15.0. The van der Waals surface area contributed by atoms with Crippen molar-refractivity contribution in [2.24, 2.45) is 0 Å². The van der Waals surface area contributed by atoms with Gasteiger partial charge in [-0.15, -0.1) is 0 Å². The average Bonchev–Trinajstić information content (AvgIpc) is 0.818. The Kier molecular flexibility index (Phi) is 39.2. The van der Waals surface area contributed by atoms with E-state index in [2.05, 4.69) is 38.5 Å². The highest BCUT2D eigenvalue weighted by Crippen LogP contribution is 2.25. The minimum atomic E-state index is -1.54. The Labute approximate surface area is 556 Å². The maximum atomic E-state index is 14.1. The Morgan fingerprint density at radius 2 is 0.927 bits per heavy atom. The van der Waals surface area contributed by atoms with Crippen molar-refractivity contribution in [1.82, 2.24) is 31.9 Å². The Hall–Kier alpha value is -5.34. The molecule has 17 atom stereocenters. The van der Waals surface area contributed by atoms with Crippen LogP contribution in [0.15, 0.2) is 36.9 Å². The quantitative estimate of drug-likeness (QED) is 0.0164. The zero-order valence-electron chi connectivity index (χ0n) is 54.7. The van der Waals surface area contributed by atoms with Crippen LogP contribution in [-0.2, 0) is 80.8 Å². The van der Waals surface area contributed by atoms with Crippen LogP contribution in [0.4, 0.5) is 0 Å². The molecule has 0 aromatic heterocycles. The molecule has 17 unspecified atom stereocenters. The first-order valence-electron chi connectivity index (χ1n) is 31.8. The Morgan fingerprint density at radius 3 is 1.29 bits per heavy atom. The molecule has 0 saturated carbocycles. The number of aliphatic hydroxyl groups is 9. The lowest BCUT2D eigenvalue weighted by Gasteiger charge is -2.45. The van der Waals surface area contributed by atoms with Gasteiger partial charge >= 0.3 is 0 Å². The van der Waals surface area contributed by atoms with Gasteiger partial charge in [0.25, 0.3) is 5.91 Å². The molecule has 36 nitrogen and oxygen atoms in total. The fourth-order valence-corrected chi connectivity index (χ4v) is 9.85. The maximum Gasteiger partial charge on any atom is 0.251 e. The molecule has 4 rings (SSSR count). The first kappa shape index (κ1) is 83.1. The summed E-state index contributed by atoms with van der Waals surface area (Å²) in [4.78, 5) is 76.6. The molecule has 3 fully saturated rings. The van der Waals surface area contributed by atoms with Crippen molar-refractivity contribution < 1.29 is 141 Å². The molecule has 3 heterocycles. The normalized spacial score (nSPS) is 27.1. The molecule has 3 aliphatic rings. The van der Waals surface area contributed by atoms with Crippen LogP contribution in [0.1, 0.15) is 57.3 Å². The summed E-state index contributed by atoms with van der Waals surface area (Å²) in [6.45, 7) is 6.14. The van der Waals surface area contributed by atoms with Crippen molar-refractivity contribution in [3.05, 3.63) is 47.7 Å². The number of hydroxylamine groups is 2. The molecule has 0 bridgehead atoms. The monoisotopic (exact) mass is 1380 g/mol. The summed E-state index contributed by atoms with van der Waals surface area (Å²) in [6, 6.07) is 2.76. The van der Waals surface area contributed by atoms with Gasteiger partial charge in [-0.2, -0.15) is 0 Å². The molecule has 36 heteroatoms. The molecular formula is C60H101N7O29. The van der Waals surface area contributed by atoms with E-state index < -0.39 is 158 Å². The molecule has 3 aliphatic heterocycles. The molecule has 6 amide bonds. The third kappa shape index (κ3) is 28.9. The Balaban J connectivity index is 1.34. The van der Waals surface area contributed by atoms with Crippen molar-refractivity contribution in [3.8, 4) is 5.75 Å². The SMILES string of the molecule is C=CC(C)Oc1ccc(C(=O)NC(COCCC(=O)NCCOCCOC2OC(CO)C(O)C(O)C2NC(C)=O)(COCCC(=O)NCCOCCOC2OC(CO)C(O)C(O)C2NC(C)=O)COCCC(=O)NCCOCCOC2OC(CO)C(O)C(O)C2[NH+]([O-])CC)cc1. The first-order chi connectivity index (χ1) is 46.0. The minimum absolute atomic E-state index is 0.0112. The van der Waals surface area contributed by atoms with Crippen molar-refractivity contribution >= 4 is 35.4 Å². The van der Waals surface area contributed by atoms with E-state index in [0.29, 0.717) is 5.75 Å². The summed E-state index contributed by atoms with van der Waals surface area (Å²) in [5, 5.41) is 119. The molecule has 0 aliphatic carbocycles. The van der Waals surface area contributed by atoms with Gasteiger partial charge in [-0.3, -0.25) is 28.8 Å². The second-order valence-corrected chi connectivity index (χ2v) is 22.6. The summed E-state index contributed by atoms with van der Waals surface area (Å²) in [5.41, 5.74) is -1.35. The van der Waals surface area contributed by atoms with Crippen LogP contribution in [0.5, 0.6) is 5.75 Å². The van der Waals surface area contributed by atoms with Crippen LogP contribution in [0, 0.1) is 5.21 Å². The first-order valence-corrected chi connectivity index (χ1v) is 31.8. The molecular weight excluding hydrogens is 1280 g/mol. The molecule has 0 spiro atoms. The fourth-order valence-electron chi connectivity index (χ4n) is 9.85. The number of rotatable bonds is 48. The Bertz CT molecular complexity index is 2350. The molecule has 0 radical (unpaired) electrons. The van der Waals surface area contributed by atoms with Crippen LogP contribution in [0.3, 0.4) is 0 Å². The number of nitrogens with one attached hydrogen (secondary N) is 7. The van der Waals surface area contributed by atoms with Crippen molar-refractivity contribution in [1.29, 1.82) is 0 Å². The summed E-state index contributed by atoms with van der Waals surface area (Å²) in [5.74, 6) is -2.50. The van der Waals surface area contributed by atoms with Crippen molar-refractivity contribution in [2.75, 3.05) is 145 Å². The maximum absolute atomic E-state index is 14.1. The van der Waals surface area contributed by atoms with Gasteiger partial charge < -0.3 is 150 Å². The van der Waals surface area contributed by atoms with Crippen molar-refractivity contribution in [2.45, 2.75) is 151 Å². The second-order valence-electron chi connectivity index (χ2n) is 22.6. The smallest absolute Gasteiger partial charge is 0.251 e. The van der Waals surface area contributed by atoms with Gasteiger partial charge in [0.15, 0.2) is 18.6 Å². The Morgan fingerprint density at radius 1 is 0.552 bits per heavy atom. The minimum Gasteiger partial charge on any atom is -0.634 e. The number of quaternary nitrogens is 1. The van der Waals surface area contributed by atoms with E-state index in [-0.39, 0.29) is 156 Å². The van der Waals surface area contributed by atoms with Gasteiger partial charge in [0.05, 0.1) is 125 Å². The van der Waals surface area contributed by atoms with Crippen molar-refractivity contribution in [3.63, 3.8) is 0 Å². The average molecular weight is 1380 g/mol. The third-order valence-corrected chi connectivity index (χ3v) is 15.0. The van der Waals surface area contributed by atoms with Gasteiger partial charge in [0, 0.05) is 58.3 Å². The number of benzene rings is 1. The number of carbonyl (C=O) groups excluding carboxylic acids is 6. The standard InChI is InChI=1S/C60H101N7O29/c1-6-36(3)93-40-10-8-39(9-11-40)56(82)66-60(33-87-18-12-44(73)61-15-21-84-24-27-90-57-47(64-37(4)71)53(79)50(76)41(30-68)94-57,34-88-19-13-45(74)62-16-22-85-25-28-91-58-48(65-38(5)72)54(80)51(77)42(31-69)95-58)35-89-20-14-46(75)63-17-23-86-26-29-92-59-49(67(83)7-2)55(81)52(78)43(32-70)96-59/h6,8-11,36,41-43,47-55,57-59,67-70,76-81H,1,7,12-35H2,2-5H3,(H,61,73)(H,62,74)(H,63,75)(H,64,71)(H,65,72)(H,66,82). The zero-order chi connectivity index (χ0) is 70.6. The predicted octanol–water partition coefficient (Wildman–Crippen LogP) is -8.13. The predicted molar refractivity (Wildman–Crippen MR) is 330 cm³/mol. The highest BCUT2D eigenvalue weighted by molar-refractivity contribution is 5.95. The summed E-state index contributed by atoms with van der Waals surface area (Å²) < 4.78 is 74.1. The van der Waals surface area contributed by atoms with E-state index in [0.717, 1.165) is 0 Å². The number of hydrogen-bond acceptors (Lipinski definition) is 29. The van der Waals surface area contributed by atoms with E-state index >= 15 is 0 Å². The lowest BCUT2D eigenvalue weighted by molar-refractivity contribution is -0.889. The van der Waals surface area contributed by atoms with E-state index in [1.165, 1.54) is 26.0 Å². The fraction of sp³-hybridized carbons (Fsp3) is 0.767. The number of carbonyl (C=O) groups is 6. The zero-order valence-corrected chi connectivity index (χ0v) is 54.7. The van der Waals surface area contributed by atoms with Crippen LogP contribution in [0.25, 0.3) is 0 Å². The number of aliphatic hydroxyl groups excluding tert-OH is 9. The van der Waals surface area contributed by atoms with E-state index in [4.69, 9.17) is 61.6 Å². The summed E-state index contributed by atoms with van der Waals surface area (Å²) in [6.07, 6.45) is -15.4. The van der Waals surface area contributed by atoms with E-state index in [1.807, 2.05) is 0 Å². The van der Waals surface area contributed by atoms with Gasteiger partial charge in [-0.05, 0) is 38.1 Å². The molecule has 550 valence electrons. The van der Waals surface area contributed by atoms with Gasteiger partial charge in [0.1, 0.15) is 84.4 Å². The van der Waals surface area contributed by atoms with Gasteiger partial charge in [-0.25, -0.2) is 0 Å². The molecule has 96 heavy (non-hydrogen) atoms. The van der Waals surface area contributed by atoms with E-state index in [1.54, 1.807) is 32.1 Å². The largest absolute Gasteiger partial charge is 0.634 e. The number of likely N-dealkylation sites (N-methyl/N-ethyl adjacent to an activating group) is 1. The van der Waals surface area contributed by atoms with Crippen LogP contribution >= 0.6 is 0 Å². The van der Waals surface area contributed by atoms with Crippen LogP contribution in [0.2, 0.25) is 0 Å². The topological polar surface area (TPSA) is 504 Å². The highest BCUT2D eigenvalue weighted by Gasteiger charge is 2.49.